The van der Waals surface area contributed by atoms with Crippen LogP contribution in [0.25, 0.3) is 11.6 Å². The topological polar surface area (TPSA) is 85.8 Å². The van der Waals surface area contributed by atoms with Crippen LogP contribution in [0.1, 0.15) is 5.56 Å². The van der Waals surface area contributed by atoms with Crippen molar-refractivity contribution in [1.82, 2.24) is 19.7 Å². The van der Waals surface area contributed by atoms with Gasteiger partial charge in [-0.05, 0) is 17.7 Å². The number of nitrogens with one attached hydrogen (secondary N) is 1. The maximum atomic E-state index is 12.1. The van der Waals surface area contributed by atoms with E-state index in [1.54, 1.807) is 12.5 Å². The molecule has 4 aromatic rings. The molecule has 3 heterocycles. The van der Waals surface area contributed by atoms with Gasteiger partial charge in [-0.15, -0.1) is 21.5 Å². The molecule has 0 saturated heterocycles. The maximum Gasteiger partial charge on any atom is 0.236 e. The van der Waals surface area contributed by atoms with E-state index in [1.165, 1.54) is 23.1 Å². The molecule has 0 atom stereocenters. The van der Waals surface area contributed by atoms with Crippen molar-refractivity contribution in [3.63, 3.8) is 0 Å². The van der Waals surface area contributed by atoms with Gasteiger partial charge in [0.15, 0.2) is 16.0 Å². The molecule has 0 fully saturated rings. The molecule has 136 valence electrons. The molecular formula is C18H15N5O2S2. The second-order valence-electron chi connectivity index (χ2n) is 5.53. The zero-order valence-corrected chi connectivity index (χ0v) is 15.7. The molecule has 0 aliphatic rings. The van der Waals surface area contributed by atoms with Crippen molar-refractivity contribution in [3.05, 3.63) is 65.9 Å². The molecule has 0 bridgehead atoms. The van der Waals surface area contributed by atoms with Crippen molar-refractivity contribution in [2.45, 2.75) is 11.7 Å². The number of amides is 1. The van der Waals surface area contributed by atoms with Gasteiger partial charge in [-0.1, -0.05) is 42.1 Å². The molecule has 0 radical (unpaired) electrons. The standard InChI is InChI=1S/C18H15N5O2S2/c24-15(20-17-19-8-10-26-17)12-27-18-22-21-16(14-7-4-9-25-14)23(18)11-13-5-2-1-3-6-13/h1-10H,11-12H2,(H,19,20,24). The highest BCUT2D eigenvalue weighted by molar-refractivity contribution is 7.99. The van der Waals surface area contributed by atoms with Gasteiger partial charge in [-0.3, -0.25) is 9.36 Å². The summed E-state index contributed by atoms with van der Waals surface area (Å²) >= 11 is 2.71. The van der Waals surface area contributed by atoms with E-state index in [0.29, 0.717) is 28.4 Å². The summed E-state index contributed by atoms with van der Waals surface area (Å²) in [4.78, 5) is 16.2. The van der Waals surface area contributed by atoms with Crippen LogP contribution in [0.15, 0.2) is 69.9 Å². The fraction of sp³-hybridized carbons (Fsp3) is 0.111. The molecule has 0 aliphatic heterocycles. The molecule has 1 amide bonds. The Morgan fingerprint density at radius 3 is 2.81 bits per heavy atom. The van der Waals surface area contributed by atoms with E-state index in [2.05, 4.69) is 20.5 Å². The Morgan fingerprint density at radius 2 is 2.07 bits per heavy atom. The van der Waals surface area contributed by atoms with Crippen LogP contribution >= 0.6 is 23.1 Å². The Hall–Kier alpha value is -2.91. The Morgan fingerprint density at radius 1 is 1.19 bits per heavy atom. The van der Waals surface area contributed by atoms with Crippen molar-refractivity contribution < 1.29 is 9.21 Å². The summed E-state index contributed by atoms with van der Waals surface area (Å²) in [6.45, 7) is 0.584. The number of hydrogen-bond donors (Lipinski definition) is 1. The van der Waals surface area contributed by atoms with Crippen molar-refractivity contribution in [3.8, 4) is 11.6 Å². The Labute approximate surface area is 163 Å². The summed E-state index contributed by atoms with van der Waals surface area (Å²) in [5.41, 5.74) is 1.11. The molecule has 1 aromatic carbocycles. The lowest BCUT2D eigenvalue weighted by atomic mass is 10.2. The summed E-state index contributed by atoms with van der Waals surface area (Å²) in [6.07, 6.45) is 3.25. The lowest BCUT2D eigenvalue weighted by Gasteiger charge is -2.09. The SMILES string of the molecule is O=C(CSc1nnc(-c2ccco2)n1Cc1ccccc1)Nc1nccs1. The van der Waals surface area contributed by atoms with E-state index in [4.69, 9.17) is 4.42 Å². The minimum Gasteiger partial charge on any atom is -0.461 e. The first-order valence-corrected chi connectivity index (χ1v) is 9.99. The third kappa shape index (κ3) is 4.26. The Bertz CT molecular complexity index is 998. The van der Waals surface area contributed by atoms with Crippen molar-refractivity contribution in [1.29, 1.82) is 0 Å². The molecule has 0 spiro atoms. The summed E-state index contributed by atoms with van der Waals surface area (Å²) < 4.78 is 7.44. The quantitative estimate of drug-likeness (QED) is 0.478. The normalized spacial score (nSPS) is 10.8. The van der Waals surface area contributed by atoms with Crippen molar-refractivity contribution in [2.24, 2.45) is 0 Å². The highest BCUT2D eigenvalue weighted by Gasteiger charge is 2.18. The molecular weight excluding hydrogens is 382 g/mol. The first-order valence-electron chi connectivity index (χ1n) is 8.13. The van der Waals surface area contributed by atoms with Crippen LogP contribution in [0.2, 0.25) is 0 Å². The molecule has 0 aliphatic carbocycles. The average molecular weight is 397 g/mol. The number of thiazole rings is 1. The Balaban J connectivity index is 1.53. The third-order valence-electron chi connectivity index (χ3n) is 3.65. The van der Waals surface area contributed by atoms with E-state index < -0.39 is 0 Å². The first kappa shape index (κ1) is 17.5. The number of anilines is 1. The maximum absolute atomic E-state index is 12.1. The monoisotopic (exact) mass is 397 g/mol. The van der Waals surface area contributed by atoms with Gasteiger partial charge in [-0.25, -0.2) is 4.98 Å². The zero-order valence-electron chi connectivity index (χ0n) is 14.1. The summed E-state index contributed by atoms with van der Waals surface area (Å²) in [6, 6.07) is 13.7. The van der Waals surface area contributed by atoms with Gasteiger partial charge >= 0.3 is 0 Å². The number of benzene rings is 1. The first-order chi connectivity index (χ1) is 13.3. The minimum absolute atomic E-state index is 0.135. The average Bonchev–Trinajstić information content (AvgIpc) is 3.43. The molecule has 0 saturated carbocycles. The number of aromatic nitrogens is 4. The van der Waals surface area contributed by atoms with Crippen LogP contribution in [0.3, 0.4) is 0 Å². The Kier molecular flexibility index (Phi) is 5.31. The van der Waals surface area contributed by atoms with Crippen LogP contribution in [-0.2, 0) is 11.3 Å². The fourth-order valence-corrected chi connectivity index (χ4v) is 3.75. The lowest BCUT2D eigenvalue weighted by Crippen LogP contribution is -2.14. The van der Waals surface area contributed by atoms with Gasteiger partial charge in [0.25, 0.3) is 0 Å². The number of nitrogens with zero attached hydrogens (tertiary/aromatic N) is 4. The highest BCUT2D eigenvalue weighted by Crippen LogP contribution is 2.25. The minimum atomic E-state index is -0.135. The predicted molar refractivity (Wildman–Crippen MR) is 105 cm³/mol. The fourth-order valence-electron chi connectivity index (χ4n) is 2.46. The number of rotatable bonds is 7. The van der Waals surface area contributed by atoms with E-state index in [1.807, 2.05) is 52.4 Å². The smallest absolute Gasteiger partial charge is 0.236 e. The summed E-state index contributed by atoms with van der Waals surface area (Å²) in [7, 11) is 0. The van der Waals surface area contributed by atoms with E-state index in [0.717, 1.165) is 5.56 Å². The largest absolute Gasteiger partial charge is 0.461 e. The number of hydrogen-bond acceptors (Lipinski definition) is 7. The number of carbonyl (C=O) groups is 1. The molecule has 7 nitrogen and oxygen atoms in total. The van der Waals surface area contributed by atoms with Gasteiger partial charge in [0.2, 0.25) is 11.7 Å². The second-order valence-corrected chi connectivity index (χ2v) is 7.37. The third-order valence-corrected chi connectivity index (χ3v) is 5.31. The lowest BCUT2D eigenvalue weighted by molar-refractivity contribution is -0.113. The van der Waals surface area contributed by atoms with E-state index >= 15 is 0 Å². The van der Waals surface area contributed by atoms with Crippen LogP contribution in [0.4, 0.5) is 5.13 Å². The van der Waals surface area contributed by atoms with Crippen LogP contribution < -0.4 is 5.32 Å². The van der Waals surface area contributed by atoms with E-state index in [-0.39, 0.29) is 11.7 Å². The number of carbonyl (C=O) groups excluding carboxylic acids is 1. The van der Waals surface area contributed by atoms with Crippen molar-refractivity contribution >= 4 is 34.1 Å². The summed E-state index contributed by atoms with van der Waals surface area (Å²) in [5.74, 6) is 1.35. The van der Waals surface area contributed by atoms with E-state index in [9.17, 15) is 4.79 Å². The predicted octanol–water partition coefficient (Wildman–Crippen LogP) is 3.77. The zero-order chi connectivity index (χ0) is 18.5. The molecule has 1 N–H and O–H groups in total. The van der Waals surface area contributed by atoms with Gasteiger partial charge in [-0.2, -0.15) is 0 Å². The van der Waals surface area contributed by atoms with Gasteiger partial charge in [0, 0.05) is 11.6 Å². The van der Waals surface area contributed by atoms with Crippen LogP contribution in [0.5, 0.6) is 0 Å². The number of furan rings is 1. The van der Waals surface area contributed by atoms with Crippen LogP contribution in [0, 0.1) is 0 Å². The van der Waals surface area contributed by atoms with Crippen molar-refractivity contribution in [2.75, 3.05) is 11.1 Å². The summed E-state index contributed by atoms with van der Waals surface area (Å²) in [5, 5.41) is 14.3. The van der Waals surface area contributed by atoms with Gasteiger partial charge in [0.1, 0.15) is 0 Å². The molecule has 27 heavy (non-hydrogen) atoms. The van der Waals surface area contributed by atoms with Gasteiger partial charge < -0.3 is 9.73 Å². The molecule has 9 heteroatoms. The molecule has 0 unspecified atom stereocenters. The second kappa shape index (κ2) is 8.19. The molecule has 3 aromatic heterocycles. The molecule has 4 rings (SSSR count). The number of thioether (sulfide) groups is 1. The van der Waals surface area contributed by atoms with Gasteiger partial charge in [0.05, 0.1) is 18.6 Å². The highest BCUT2D eigenvalue weighted by atomic mass is 32.2. The van der Waals surface area contributed by atoms with Crippen LogP contribution in [-0.4, -0.2) is 31.4 Å².